The highest BCUT2D eigenvalue weighted by molar-refractivity contribution is 5.39. The van der Waals surface area contributed by atoms with Crippen LogP contribution in [-0.2, 0) is 0 Å². The molecule has 3 heteroatoms. The molecular formula is C17H27N3. The Bertz CT molecular complexity index is 461. The highest BCUT2D eigenvalue weighted by Crippen LogP contribution is 2.39. The second kappa shape index (κ2) is 5.36. The number of nitrogens with zero attached hydrogens (tertiary/aromatic N) is 3. The largest absolute Gasteiger partial charge is 0.354 e. The number of pyridine rings is 1. The van der Waals surface area contributed by atoms with E-state index in [4.69, 9.17) is 0 Å². The molecule has 2 fully saturated rings. The number of hydrogen-bond donors (Lipinski definition) is 0. The van der Waals surface area contributed by atoms with Gasteiger partial charge in [-0.1, -0.05) is 19.9 Å². The highest BCUT2D eigenvalue weighted by Gasteiger charge is 2.35. The average Bonchev–Trinajstić information content (AvgIpc) is 2.79. The summed E-state index contributed by atoms with van der Waals surface area (Å²) in [5, 5.41) is 0. The molecule has 2 heterocycles. The first kappa shape index (κ1) is 13.9. The van der Waals surface area contributed by atoms with E-state index in [0.717, 1.165) is 30.6 Å². The lowest BCUT2D eigenvalue weighted by Gasteiger charge is -2.39. The Kier molecular flexibility index (Phi) is 3.72. The van der Waals surface area contributed by atoms with Gasteiger partial charge in [0.05, 0.1) is 0 Å². The summed E-state index contributed by atoms with van der Waals surface area (Å²) in [7, 11) is 0. The summed E-state index contributed by atoms with van der Waals surface area (Å²) in [6.45, 7) is 11.5. The van der Waals surface area contributed by atoms with Gasteiger partial charge in [0, 0.05) is 37.9 Å². The van der Waals surface area contributed by atoms with Crippen molar-refractivity contribution in [2.45, 2.75) is 46.1 Å². The van der Waals surface area contributed by atoms with Crippen molar-refractivity contribution in [1.82, 2.24) is 9.88 Å². The van der Waals surface area contributed by atoms with E-state index in [9.17, 15) is 0 Å². The number of hydrogen-bond acceptors (Lipinski definition) is 3. The van der Waals surface area contributed by atoms with Crippen molar-refractivity contribution < 1.29 is 0 Å². The molecule has 0 radical (unpaired) electrons. The number of aryl methyl sites for hydroxylation is 1. The number of anilines is 1. The molecule has 20 heavy (non-hydrogen) atoms. The molecule has 1 aliphatic heterocycles. The summed E-state index contributed by atoms with van der Waals surface area (Å²) < 4.78 is 0. The van der Waals surface area contributed by atoms with Gasteiger partial charge < -0.3 is 4.90 Å². The molecule has 2 aliphatic rings. The van der Waals surface area contributed by atoms with Crippen molar-refractivity contribution in [3.8, 4) is 0 Å². The predicted molar refractivity (Wildman–Crippen MR) is 84.2 cm³/mol. The first-order chi connectivity index (χ1) is 9.53. The lowest BCUT2D eigenvalue weighted by molar-refractivity contribution is 0.176. The van der Waals surface area contributed by atoms with E-state index in [1.807, 2.05) is 0 Å². The average molecular weight is 273 g/mol. The Hall–Kier alpha value is -1.09. The number of aromatic nitrogens is 1. The zero-order valence-corrected chi connectivity index (χ0v) is 13.1. The fourth-order valence-electron chi connectivity index (χ4n) is 3.73. The Labute approximate surface area is 123 Å². The zero-order valence-electron chi connectivity index (χ0n) is 13.1. The summed E-state index contributed by atoms with van der Waals surface area (Å²) in [5.41, 5.74) is 1.67. The van der Waals surface area contributed by atoms with E-state index < -0.39 is 0 Å². The summed E-state index contributed by atoms with van der Waals surface area (Å²) >= 11 is 0. The maximum Gasteiger partial charge on any atom is 0.128 e. The first-order valence-corrected chi connectivity index (χ1v) is 7.96. The third kappa shape index (κ3) is 2.98. The normalized spacial score (nSPS) is 26.9. The summed E-state index contributed by atoms with van der Waals surface area (Å²) in [6, 6.07) is 7.14. The molecule has 1 atom stereocenters. The van der Waals surface area contributed by atoms with Gasteiger partial charge in [-0.05, 0) is 43.7 Å². The molecule has 1 aliphatic carbocycles. The summed E-state index contributed by atoms with van der Waals surface area (Å²) in [5.74, 6) is 1.15. The molecule has 0 aromatic carbocycles. The molecular weight excluding hydrogens is 246 g/mol. The van der Waals surface area contributed by atoms with E-state index in [1.165, 1.54) is 32.4 Å². The first-order valence-electron chi connectivity index (χ1n) is 7.96. The second-order valence-electron chi connectivity index (χ2n) is 7.22. The van der Waals surface area contributed by atoms with Crippen LogP contribution in [0.4, 0.5) is 5.82 Å². The van der Waals surface area contributed by atoms with Crippen LogP contribution in [0.2, 0.25) is 0 Å². The van der Waals surface area contributed by atoms with E-state index in [2.05, 4.69) is 53.8 Å². The fourth-order valence-corrected chi connectivity index (χ4v) is 3.73. The van der Waals surface area contributed by atoms with Crippen LogP contribution in [0, 0.1) is 12.3 Å². The molecule has 1 unspecified atom stereocenters. The van der Waals surface area contributed by atoms with E-state index in [-0.39, 0.29) is 0 Å². The number of rotatable bonds is 2. The third-order valence-corrected chi connectivity index (χ3v) is 4.97. The lowest BCUT2D eigenvalue weighted by Crippen LogP contribution is -2.50. The van der Waals surface area contributed by atoms with Gasteiger partial charge in [-0.2, -0.15) is 0 Å². The maximum absolute atomic E-state index is 4.65. The van der Waals surface area contributed by atoms with Gasteiger partial charge in [-0.15, -0.1) is 0 Å². The maximum atomic E-state index is 4.65. The monoisotopic (exact) mass is 273 g/mol. The smallest absolute Gasteiger partial charge is 0.128 e. The van der Waals surface area contributed by atoms with Crippen LogP contribution < -0.4 is 4.90 Å². The Balaban J connectivity index is 1.57. The number of piperazine rings is 1. The van der Waals surface area contributed by atoms with Gasteiger partial charge in [-0.3, -0.25) is 4.90 Å². The van der Waals surface area contributed by atoms with E-state index >= 15 is 0 Å². The zero-order chi connectivity index (χ0) is 14.2. The van der Waals surface area contributed by atoms with Crippen molar-refractivity contribution in [1.29, 1.82) is 0 Å². The minimum atomic E-state index is 0.555. The predicted octanol–water partition coefficient (Wildman–Crippen LogP) is 3.09. The van der Waals surface area contributed by atoms with E-state index in [0.29, 0.717) is 5.41 Å². The van der Waals surface area contributed by atoms with Crippen molar-refractivity contribution >= 4 is 5.82 Å². The molecule has 0 amide bonds. The SMILES string of the molecule is Cc1cccc(N2CCN(C3CCC(C)(C)C3)CC2)n1. The fraction of sp³-hybridized carbons (Fsp3) is 0.706. The molecule has 0 N–H and O–H groups in total. The van der Waals surface area contributed by atoms with Gasteiger partial charge in [0.25, 0.3) is 0 Å². The second-order valence-corrected chi connectivity index (χ2v) is 7.22. The molecule has 1 aromatic rings. The third-order valence-electron chi connectivity index (χ3n) is 4.97. The lowest BCUT2D eigenvalue weighted by atomic mass is 9.91. The van der Waals surface area contributed by atoms with Crippen LogP contribution in [0.15, 0.2) is 18.2 Å². The van der Waals surface area contributed by atoms with Crippen molar-refractivity contribution in [3.05, 3.63) is 23.9 Å². The van der Waals surface area contributed by atoms with E-state index in [1.54, 1.807) is 0 Å². The van der Waals surface area contributed by atoms with Crippen LogP contribution in [0.5, 0.6) is 0 Å². The molecule has 3 rings (SSSR count). The van der Waals surface area contributed by atoms with Crippen LogP contribution in [-0.4, -0.2) is 42.1 Å². The topological polar surface area (TPSA) is 19.4 Å². The van der Waals surface area contributed by atoms with Gasteiger partial charge in [0.2, 0.25) is 0 Å². The molecule has 1 saturated carbocycles. The Morgan fingerprint density at radius 2 is 1.90 bits per heavy atom. The standard InChI is InChI=1S/C17H27N3/c1-14-5-4-6-16(18-14)20-11-9-19(10-12-20)15-7-8-17(2,3)13-15/h4-6,15H,7-13H2,1-3H3. The molecule has 0 spiro atoms. The summed E-state index contributed by atoms with van der Waals surface area (Å²) in [6.07, 6.45) is 4.14. The highest BCUT2D eigenvalue weighted by atomic mass is 15.3. The van der Waals surface area contributed by atoms with Crippen molar-refractivity contribution in [3.63, 3.8) is 0 Å². The van der Waals surface area contributed by atoms with Gasteiger partial charge >= 0.3 is 0 Å². The van der Waals surface area contributed by atoms with Crippen LogP contribution in [0.3, 0.4) is 0 Å². The molecule has 110 valence electrons. The van der Waals surface area contributed by atoms with Crippen molar-refractivity contribution in [2.24, 2.45) is 5.41 Å². The van der Waals surface area contributed by atoms with Crippen LogP contribution in [0.25, 0.3) is 0 Å². The Morgan fingerprint density at radius 3 is 2.50 bits per heavy atom. The minimum Gasteiger partial charge on any atom is -0.354 e. The van der Waals surface area contributed by atoms with Crippen LogP contribution in [0.1, 0.15) is 38.8 Å². The minimum absolute atomic E-state index is 0.555. The molecule has 3 nitrogen and oxygen atoms in total. The summed E-state index contributed by atoms with van der Waals surface area (Å²) in [4.78, 5) is 9.79. The molecule has 1 saturated heterocycles. The van der Waals surface area contributed by atoms with Crippen LogP contribution >= 0.6 is 0 Å². The van der Waals surface area contributed by atoms with Gasteiger partial charge in [0.15, 0.2) is 0 Å². The van der Waals surface area contributed by atoms with Gasteiger partial charge in [-0.25, -0.2) is 4.98 Å². The molecule has 1 aromatic heterocycles. The quantitative estimate of drug-likeness (QED) is 0.825. The molecule has 0 bridgehead atoms. The van der Waals surface area contributed by atoms with Crippen molar-refractivity contribution in [2.75, 3.05) is 31.1 Å². The Morgan fingerprint density at radius 1 is 1.15 bits per heavy atom. The van der Waals surface area contributed by atoms with Gasteiger partial charge in [0.1, 0.15) is 5.82 Å².